The van der Waals surface area contributed by atoms with Gasteiger partial charge in [0.1, 0.15) is 5.82 Å². The van der Waals surface area contributed by atoms with Crippen LogP contribution in [0, 0.1) is 17.5 Å². The van der Waals surface area contributed by atoms with Crippen LogP contribution in [0.15, 0.2) is 12.1 Å². The lowest BCUT2D eigenvalue weighted by atomic mass is 10.1. The SMILES string of the molecule is NC[C@H](O)c1c(F)ccc(F)c1F. The first kappa shape index (κ1) is 10.0. The molecule has 0 heterocycles. The molecule has 1 atom stereocenters. The molecular formula is C8H8F3NO. The van der Waals surface area contributed by atoms with Gasteiger partial charge in [0.2, 0.25) is 0 Å². The molecule has 13 heavy (non-hydrogen) atoms. The topological polar surface area (TPSA) is 46.2 Å². The van der Waals surface area contributed by atoms with Crippen molar-refractivity contribution in [3.8, 4) is 0 Å². The van der Waals surface area contributed by atoms with Gasteiger partial charge in [0.25, 0.3) is 0 Å². The van der Waals surface area contributed by atoms with Gasteiger partial charge in [-0.1, -0.05) is 0 Å². The number of hydrogen-bond donors (Lipinski definition) is 2. The molecule has 1 rings (SSSR count). The molecule has 0 aliphatic rings. The van der Waals surface area contributed by atoms with Crippen molar-refractivity contribution in [3.63, 3.8) is 0 Å². The zero-order valence-electron chi connectivity index (χ0n) is 6.60. The van der Waals surface area contributed by atoms with Crippen molar-refractivity contribution in [2.45, 2.75) is 6.10 Å². The first-order chi connectivity index (χ1) is 6.07. The predicted octanol–water partition coefficient (Wildman–Crippen LogP) is 1.10. The summed E-state index contributed by atoms with van der Waals surface area (Å²) in [5.41, 5.74) is 4.27. The number of rotatable bonds is 2. The summed E-state index contributed by atoms with van der Waals surface area (Å²) >= 11 is 0. The molecule has 2 nitrogen and oxygen atoms in total. The van der Waals surface area contributed by atoms with Crippen LogP contribution in [0.3, 0.4) is 0 Å². The summed E-state index contributed by atoms with van der Waals surface area (Å²) in [6, 6.07) is 1.39. The molecule has 0 unspecified atom stereocenters. The van der Waals surface area contributed by atoms with Gasteiger partial charge in [-0.2, -0.15) is 0 Å². The maximum atomic E-state index is 12.9. The third-order valence-electron chi connectivity index (χ3n) is 1.64. The van der Waals surface area contributed by atoms with Crippen molar-refractivity contribution >= 4 is 0 Å². The molecule has 1 aromatic carbocycles. The van der Waals surface area contributed by atoms with E-state index >= 15 is 0 Å². The smallest absolute Gasteiger partial charge is 0.167 e. The molecule has 0 spiro atoms. The maximum absolute atomic E-state index is 12.9. The van der Waals surface area contributed by atoms with E-state index < -0.39 is 29.1 Å². The molecule has 1 aromatic rings. The van der Waals surface area contributed by atoms with Crippen molar-refractivity contribution in [2.24, 2.45) is 5.73 Å². The average Bonchev–Trinajstić information content (AvgIpc) is 2.12. The Balaban J connectivity index is 3.25. The molecule has 0 bridgehead atoms. The van der Waals surface area contributed by atoms with Crippen LogP contribution in [-0.4, -0.2) is 11.7 Å². The van der Waals surface area contributed by atoms with Gasteiger partial charge >= 0.3 is 0 Å². The van der Waals surface area contributed by atoms with Crippen LogP contribution < -0.4 is 5.73 Å². The van der Waals surface area contributed by atoms with E-state index in [2.05, 4.69) is 0 Å². The van der Waals surface area contributed by atoms with Gasteiger partial charge in [-0.3, -0.25) is 0 Å². The lowest BCUT2D eigenvalue weighted by Gasteiger charge is -2.10. The van der Waals surface area contributed by atoms with Crippen LogP contribution in [0.2, 0.25) is 0 Å². The number of halogens is 3. The molecule has 0 saturated carbocycles. The normalized spacial score (nSPS) is 13.0. The van der Waals surface area contributed by atoms with Crippen LogP contribution in [0.1, 0.15) is 11.7 Å². The van der Waals surface area contributed by atoms with E-state index in [1.807, 2.05) is 0 Å². The fourth-order valence-corrected chi connectivity index (χ4v) is 0.966. The zero-order chi connectivity index (χ0) is 10.0. The zero-order valence-corrected chi connectivity index (χ0v) is 6.60. The van der Waals surface area contributed by atoms with Gasteiger partial charge in [-0.15, -0.1) is 0 Å². The highest BCUT2D eigenvalue weighted by Crippen LogP contribution is 2.21. The molecule has 0 saturated heterocycles. The predicted molar refractivity (Wildman–Crippen MR) is 40.3 cm³/mol. The van der Waals surface area contributed by atoms with Crippen molar-refractivity contribution in [2.75, 3.05) is 6.54 Å². The Labute approximate surface area is 72.8 Å². The third kappa shape index (κ3) is 1.81. The van der Waals surface area contributed by atoms with E-state index in [1.54, 1.807) is 0 Å². The number of hydrogen-bond acceptors (Lipinski definition) is 2. The number of aliphatic hydroxyl groups is 1. The van der Waals surface area contributed by atoms with Gasteiger partial charge in [-0.05, 0) is 12.1 Å². The number of nitrogens with two attached hydrogens (primary N) is 1. The molecule has 0 aliphatic carbocycles. The van der Waals surface area contributed by atoms with E-state index in [1.165, 1.54) is 0 Å². The van der Waals surface area contributed by atoms with Crippen LogP contribution in [0.4, 0.5) is 13.2 Å². The summed E-state index contributed by atoms with van der Waals surface area (Å²) in [6.07, 6.45) is -1.52. The summed E-state index contributed by atoms with van der Waals surface area (Å²) in [7, 11) is 0. The van der Waals surface area contributed by atoms with Crippen molar-refractivity contribution < 1.29 is 18.3 Å². The molecule has 0 aromatic heterocycles. The largest absolute Gasteiger partial charge is 0.387 e. The summed E-state index contributed by atoms with van der Waals surface area (Å²) in [4.78, 5) is 0. The van der Waals surface area contributed by atoms with Gasteiger partial charge in [0.05, 0.1) is 11.7 Å². The van der Waals surface area contributed by atoms with E-state index in [4.69, 9.17) is 10.8 Å². The lowest BCUT2D eigenvalue weighted by Crippen LogP contribution is -2.15. The highest BCUT2D eigenvalue weighted by Gasteiger charge is 2.19. The standard InChI is InChI=1S/C8H8F3NO/c9-4-1-2-5(10)8(11)7(4)6(13)3-12/h1-2,6,13H,3,12H2/t6-/m0/s1. The Morgan fingerprint density at radius 2 is 1.77 bits per heavy atom. The molecule has 0 aliphatic heterocycles. The Hall–Kier alpha value is -1.07. The van der Waals surface area contributed by atoms with Gasteiger partial charge in [-0.25, -0.2) is 13.2 Å². The third-order valence-corrected chi connectivity index (χ3v) is 1.64. The molecule has 0 fully saturated rings. The first-order valence-corrected chi connectivity index (χ1v) is 3.59. The second-order valence-electron chi connectivity index (χ2n) is 2.51. The fraction of sp³-hybridized carbons (Fsp3) is 0.250. The molecular weight excluding hydrogens is 183 g/mol. The Morgan fingerprint density at radius 1 is 1.23 bits per heavy atom. The highest BCUT2D eigenvalue weighted by atomic mass is 19.2. The summed E-state index contributed by atoms with van der Waals surface area (Å²) in [6.45, 7) is -0.364. The van der Waals surface area contributed by atoms with E-state index in [0.717, 1.165) is 6.07 Å². The van der Waals surface area contributed by atoms with Crippen molar-refractivity contribution in [1.82, 2.24) is 0 Å². The van der Waals surface area contributed by atoms with Crippen LogP contribution in [0.5, 0.6) is 0 Å². The van der Waals surface area contributed by atoms with E-state index in [9.17, 15) is 13.2 Å². The maximum Gasteiger partial charge on any atom is 0.167 e. The minimum absolute atomic E-state index is 0.364. The van der Waals surface area contributed by atoms with Gasteiger partial charge in [0.15, 0.2) is 11.6 Å². The summed E-state index contributed by atoms with van der Waals surface area (Å²) in [5.74, 6) is -3.60. The molecule has 3 N–H and O–H groups in total. The molecule has 72 valence electrons. The minimum atomic E-state index is -1.52. The Bertz CT molecular complexity index is 317. The first-order valence-electron chi connectivity index (χ1n) is 3.59. The van der Waals surface area contributed by atoms with Crippen LogP contribution in [0.25, 0.3) is 0 Å². The average molecular weight is 191 g/mol. The highest BCUT2D eigenvalue weighted by molar-refractivity contribution is 5.23. The van der Waals surface area contributed by atoms with E-state index in [0.29, 0.717) is 6.07 Å². The Kier molecular flexibility index (Phi) is 2.90. The molecule has 5 heteroatoms. The van der Waals surface area contributed by atoms with Crippen molar-refractivity contribution in [3.05, 3.63) is 35.1 Å². The number of benzene rings is 1. The van der Waals surface area contributed by atoms with Crippen molar-refractivity contribution in [1.29, 1.82) is 0 Å². The minimum Gasteiger partial charge on any atom is -0.387 e. The van der Waals surface area contributed by atoms with Gasteiger partial charge < -0.3 is 10.8 Å². The summed E-state index contributed by atoms with van der Waals surface area (Å²) in [5, 5.41) is 9.04. The van der Waals surface area contributed by atoms with E-state index in [-0.39, 0.29) is 6.54 Å². The monoisotopic (exact) mass is 191 g/mol. The quantitative estimate of drug-likeness (QED) is 0.687. The molecule has 0 amide bonds. The van der Waals surface area contributed by atoms with Crippen LogP contribution in [-0.2, 0) is 0 Å². The van der Waals surface area contributed by atoms with Gasteiger partial charge in [0, 0.05) is 6.54 Å². The summed E-state index contributed by atoms with van der Waals surface area (Å²) < 4.78 is 38.3. The molecule has 0 radical (unpaired) electrons. The second-order valence-corrected chi connectivity index (χ2v) is 2.51. The lowest BCUT2D eigenvalue weighted by molar-refractivity contribution is 0.175. The second kappa shape index (κ2) is 3.76. The Morgan fingerprint density at radius 3 is 2.31 bits per heavy atom. The van der Waals surface area contributed by atoms with Crippen LogP contribution >= 0.6 is 0 Å². The number of aliphatic hydroxyl groups excluding tert-OH is 1. The fourth-order valence-electron chi connectivity index (χ4n) is 0.966.